The fourth-order valence-corrected chi connectivity index (χ4v) is 2.46. The maximum absolute atomic E-state index is 10.9. The van der Waals surface area contributed by atoms with Gasteiger partial charge in [0.2, 0.25) is 6.41 Å². The normalized spacial score (nSPS) is 20.5. The minimum absolute atomic E-state index is 0.241. The Hall–Kier alpha value is -0.650. The zero-order chi connectivity index (χ0) is 16.3. The summed E-state index contributed by atoms with van der Waals surface area (Å²) in [6.07, 6.45) is 2.08. The van der Waals surface area contributed by atoms with Crippen LogP contribution in [0.4, 0.5) is 0 Å². The molecule has 0 aromatic carbocycles. The average Bonchev–Trinajstić information content (AvgIpc) is 2.35. The lowest BCUT2D eigenvalue weighted by atomic mass is 9.86. The number of piperidine rings is 1. The summed E-state index contributed by atoms with van der Waals surface area (Å²) in [7, 11) is 0. The molecule has 1 aliphatic rings. The Morgan fingerprint density at radius 3 is 2.14 bits per heavy atom. The predicted octanol–water partition coefficient (Wildman–Crippen LogP) is 2.68. The molecule has 1 aliphatic heterocycles. The van der Waals surface area contributed by atoms with Crippen LogP contribution in [0.2, 0.25) is 0 Å². The van der Waals surface area contributed by atoms with Gasteiger partial charge in [0.05, 0.1) is 11.5 Å². The van der Waals surface area contributed by atoms with Crippen molar-refractivity contribution in [3.05, 3.63) is 0 Å². The number of aliphatic hydroxyl groups is 1. The van der Waals surface area contributed by atoms with Crippen LogP contribution in [0.1, 0.15) is 60.3 Å². The van der Waals surface area contributed by atoms with Gasteiger partial charge in [-0.1, -0.05) is 20.8 Å². The topological polar surface area (TPSA) is 70.0 Å². The smallest absolute Gasteiger partial charge is 0.306 e. The first-order valence-corrected chi connectivity index (χ1v) is 7.83. The van der Waals surface area contributed by atoms with Crippen molar-refractivity contribution in [3.63, 3.8) is 0 Å². The Morgan fingerprint density at radius 1 is 1.19 bits per heavy atom. The molecule has 124 valence electrons. The lowest BCUT2D eigenvalue weighted by Crippen LogP contribution is -2.47. The quantitative estimate of drug-likeness (QED) is 0.738. The zero-order valence-corrected chi connectivity index (χ0v) is 14.1. The Morgan fingerprint density at radius 2 is 1.71 bits per heavy atom. The fraction of sp³-hybridized carbons (Fsp3) is 0.938. The lowest BCUT2D eigenvalue weighted by Gasteiger charge is -2.38. The van der Waals surface area contributed by atoms with Gasteiger partial charge in [0, 0.05) is 13.1 Å². The SMILES string of the molecule is CC(C)(C)CCC(C)(C)OC(O)N1CCC(C(=O)O)CC1. The number of carboxylic acids is 1. The molecule has 1 heterocycles. The van der Waals surface area contributed by atoms with Crippen LogP contribution >= 0.6 is 0 Å². The number of nitrogens with zero attached hydrogens (tertiary/aromatic N) is 1. The van der Waals surface area contributed by atoms with E-state index in [-0.39, 0.29) is 11.3 Å². The van der Waals surface area contributed by atoms with Gasteiger partial charge in [-0.05, 0) is 44.9 Å². The van der Waals surface area contributed by atoms with Crippen molar-refractivity contribution < 1.29 is 19.7 Å². The highest BCUT2D eigenvalue weighted by atomic mass is 16.6. The van der Waals surface area contributed by atoms with Gasteiger partial charge in [-0.2, -0.15) is 0 Å². The first-order valence-electron chi connectivity index (χ1n) is 7.83. The molecule has 1 saturated heterocycles. The number of likely N-dealkylation sites (tertiary alicyclic amines) is 1. The third-order valence-electron chi connectivity index (χ3n) is 4.09. The number of ether oxygens (including phenoxy) is 1. The largest absolute Gasteiger partial charge is 0.481 e. The van der Waals surface area contributed by atoms with Crippen LogP contribution in [0.5, 0.6) is 0 Å². The summed E-state index contributed by atoms with van der Waals surface area (Å²) in [4.78, 5) is 12.7. The molecule has 0 bridgehead atoms. The van der Waals surface area contributed by atoms with Crippen molar-refractivity contribution in [2.75, 3.05) is 13.1 Å². The molecule has 0 amide bonds. The molecule has 1 fully saturated rings. The molecule has 0 aromatic rings. The second-order valence-electron chi connectivity index (χ2n) is 7.91. The Kier molecular flexibility index (Phi) is 6.20. The fourth-order valence-electron chi connectivity index (χ4n) is 2.46. The predicted molar refractivity (Wildman–Crippen MR) is 81.8 cm³/mol. The molecule has 0 aliphatic carbocycles. The molecule has 1 atom stereocenters. The van der Waals surface area contributed by atoms with Gasteiger partial charge in [-0.25, -0.2) is 0 Å². The minimum Gasteiger partial charge on any atom is -0.481 e. The van der Waals surface area contributed by atoms with Crippen molar-refractivity contribution in [2.45, 2.75) is 72.3 Å². The first-order chi connectivity index (χ1) is 9.50. The summed E-state index contributed by atoms with van der Waals surface area (Å²) in [6, 6.07) is 0. The van der Waals surface area contributed by atoms with Crippen LogP contribution in [0.25, 0.3) is 0 Å². The number of hydrogen-bond acceptors (Lipinski definition) is 4. The van der Waals surface area contributed by atoms with E-state index in [1.54, 1.807) is 0 Å². The van der Waals surface area contributed by atoms with E-state index in [0.29, 0.717) is 25.9 Å². The summed E-state index contributed by atoms with van der Waals surface area (Å²) < 4.78 is 5.80. The van der Waals surface area contributed by atoms with Crippen molar-refractivity contribution in [2.24, 2.45) is 11.3 Å². The maximum atomic E-state index is 10.9. The molecule has 5 heteroatoms. The number of carbonyl (C=O) groups is 1. The summed E-state index contributed by atoms with van der Waals surface area (Å²) in [6.45, 7) is 11.7. The van der Waals surface area contributed by atoms with Crippen molar-refractivity contribution >= 4 is 5.97 Å². The van der Waals surface area contributed by atoms with E-state index in [1.165, 1.54) is 0 Å². The van der Waals surface area contributed by atoms with E-state index in [1.807, 2.05) is 18.7 Å². The molecular weight excluding hydrogens is 270 g/mol. The first kappa shape index (κ1) is 18.4. The second kappa shape index (κ2) is 7.07. The third-order valence-corrected chi connectivity index (χ3v) is 4.09. The van der Waals surface area contributed by atoms with E-state index in [2.05, 4.69) is 20.8 Å². The van der Waals surface area contributed by atoms with Gasteiger partial charge < -0.3 is 14.9 Å². The summed E-state index contributed by atoms with van der Waals surface area (Å²) in [5.41, 5.74) is -0.151. The monoisotopic (exact) mass is 301 g/mol. The van der Waals surface area contributed by atoms with E-state index in [9.17, 15) is 9.90 Å². The molecule has 0 spiro atoms. The van der Waals surface area contributed by atoms with Crippen LogP contribution < -0.4 is 0 Å². The highest BCUT2D eigenvalue weighted by molar-refractivity contribution is 5.70. The Balaban J connectivity index is 2.42. The zero-order valence-electron chi connectivity index (χ0n) is 14.1. The molecule has 1 rings (SSSR count). The van der Waals surface area contributed by atoms with Crippen LogP contribution in [0, 0.1) is 11.3 Å². The van der Waals surface area contributed by atoms with Crippen molar-refractivity contribution in [1.29, 1.82) is 0 Å². The van der Waals surface area contributed by atoms with Crippen molar-refractivity contribution in [3.8, 4) is 0 Å². The Labute approximate surface area is 128 Å². The van der Waals surface area contributed by atoms with Gasteiger partial charge >= 0.3 is 5.97 Å². The highest BCUT2D eigenvalue weighted by Crippen LogP contribution is 2.29. The van der Waals surface area contributed by atoms with Crippen LogP contribution in [-0.4, -0.2) is 46.2 Å². The Bertz CT molecular complexity index is 341. The molecule has 5 nitrogen and oxygen atoms in total. The van der Waals surface area contributed by atoms with E-state index in [4.69, 9.17) is 9.84 Å². The molecule has 0 saturated carbocycles. The van der Waals surface area contributed by atoms with E-state index in [0.717, 1.165) is 12.8 Å². The minimum atomic E-state index is -0.949. The van der Waals surface area contributed by atoms with Crippen LogP contribution in [-0.2, 0) is 9.53 Å². The maximum Gasteiger partial charge on any atom is 0.306 e. The molecule has 21 heavy (non-hydrogen) atoms. The van der Waals surface area contributed by atoms with Gasteiger partial charge in [-0.3, -0.25) is 9.69 Å². The van der Waals surface area contributed by atoms with Gasteiger partial charge in [0.1, 0.15) is 0 Å². The van der Waals surface area contributed by atoms with Gasteiger partial charge in [0.25, 0.3) is 0 Å². The average molecular weight is 301 g/mol. The second-order valence-corrected chi connectivity index (χ2v) is 7.91. The number of aliphatic carboxylic acids is 1. The summed E-state index contributed by atoms with van der Waals surface area (Å²) >= 11 is 0. The van der Waals surface area contributed by atoms with Crippen molar-refractivity contribution in [1.82, 2.24) is 4.90 Å². The molecular formula is C16H31NO4. The lowest BCUT2D eigenvalue weighted by molar-refractivity contribution is -0.250. The number of rotatable bonds is 6. The molecule has 0 aromatic heterocycles. The van der Waals surface area contributed by atoms with E-state index >= 15 is 0 Å². The summed E-state index contributed by atoms with van der Waals surface area (Å²) in [5.74, 6) is -1.03. The third kappa shape index (κ3) is 6.76. The van der Waals surface area contributed by atoms with Gasteiger partial charge in [-0.15, -0.1) is 0 Å². The molecule has 0 radical (unpaired) electrons. The van der Waals surface area contributed by atoms with Gasteiger partial charge in [0.15, 0.2) is 0 Å². The summed E-state index contributed by atoms with van der Waals surface area (Å²) in [5, 5.41) is 19.2. The van der Waals surface area contributed by atoms with E-state index < -0.39 is 18.0 Å². The standard InChI is InChI=1S/C16H31NO4/c1-15(2,3)8-9-16(4,5)21-14(20)17-10-6-12(7-11-17)13(18)19/h12,14,20H,6-11H2,1-5H3,(H,18,19). The molecule has 1 unspecified atom stereocenters. The number of carboxylic acid groups (broad SMARTS) is 1. The van der Waals surface area contributed by atoms with Crippen LogP contribution in [0.3, 0.4) is 0 Å². The van der Waals surface area contributed by atoms with Crippen LogP contribution in [0.15, 0.2) is 0 Å². The number of aliphatic hydroxyl groups excluding tert-OH is 1. The highest BCUT2D eigenvalue weighted by Gasteiger charge is 2.31. The molecule has 2 N–H and O–H groups in total. The number of hydrogen-bond donors (Lipinski definition) is 2.